The van der Waals surface area contributed by atoms with Gasteiger partial charge in [-0.05, 0) is 25.7 Å². The topological polar surface area (TPSA) is 18.8 Å². The minimum absolute atomic E-state index is 0.829. The van der Waals surface area contributed by atoms with Gasteiger partial charge in [0.15, 0.2) is 0 Å². The van der Waals surface area contributed by atoms with Gasteiger partial charge in [-0.25, -0.2) is 4.99 Å². The number of rotatable bonds is 4. The van der Waals surface area contributed by atoms with Crippen molar-refractivity contribution in [3.63, 3.8) is 0 Å². The van der Waals surface area contributed by atoms with Crippen LogP contribution in [0.15, 0.2) is 4.99 Å². The van der Waals surface area contributed by atoms with Crippen LogP contribution in [0, 0.1) is 0 Å². The molecule has 13 heavy (non-hydrogen) atoms. The van der Waals surface area contributed by atoms with Gasteiger partial charge in [-0.1, -0.05) is 0 Å². The Labute approximate surface area is 85.4 Å². The summed E-state index contributed by atoms with van der Waals surface area (Å²) < 4.78 is 0. The van der Waals surface area contributed by atoms with Crippen LogP contribution in [0.4, 0.5) is 0 Å². The number of hydrogen-bond acceptors (Lipinski definition) is 4. The van der Waals surface area contributed by atoms with Crippen molar-refractivity contribution in [2.45, 2.75) is 6.42 Å². The molecule has 1 fully saturated rings. The second-order valence-corrected chi connectivity index (χ2v) is 3.65. The average molecular weight is 199 g/mol. The van der Waals surface area contributed by atoms with Gasteiger partial charge in [0.2, 0.25) is 0 Å². The van der Waals surface area contributed by atoms with E-state index < -0.39 is 0 Å². The summed E-state index contributed by atoms with van der Waals surface area (Å²) in [4.78, 5) is 8.75. The summed E-state index contributed by atoms with van der Waals surface area (Å²) in [5.41, 5.74) is 0. The predicted octanol–water partition coefficient (Wildman–Crippen LogP) is 0.727. The lowest BCUT2D eigenvalue weighted by Crippen LogP contribution is -2.44. The van der Waals surface area contributed by atoms with Crippen LogP contribution < -0.4 is 0 Å². The van der Waals surface area contributed by atoms with Crippen LogP contribution >= 0.6 is 12.2 Å². The summed E-state index contributed by atoms with van der Waals surface area (Å²) in [5, 5.41) is 2.39. The molecular formula is C9H17N3S. The highest BCUT2D eigenvalue weighted by Crippen LogP contribution is 1.99. The lowest BCUT2D eigenvalue weighted by atomic mass is 10.3. The number of aliphatic imine (C=N–C) groups is 1. The van der Waals surface area contributed by atoms with Crippen LogP contribution in [0.25, 0.3) is 0 Å². The average Bonchev–Trinajstić information content (AvgIpc) is 2.15. The summed E-state index contributed by atoms with van der Waals surface area (Å²) in [6.45, 7) is 6.74. The van der Waals surface area contributed by atoms with Crippen LogP contribution in [0.3, 0.4) is 0 Å². The van der Waals surface area contributed by atoms with Gasteiger partial charge in [0.05, 0.1) is 11.7 Å². The lowest BCUT2D eigenvalue weighted by molar-refractivity contribution is 0.153. The first kappa shape index (κ1) is 10.8. The molecule has 4 heteroatoms. The van der Waals surface area contributed by atoms with Gasteiger partial charge in [0.1, 0.15) is 0 Å². The molecule has 1 heterocycles. The zero-order valence-corrected chi connectivity index (χ0v) is 9.02. The van der Waals surface area contributed by atoms with Crippen molar-refractivity contribution in [3.8, 4) is 0 Å². The number of isothiocyanates is 1. The molecule has 74 valence electrons. The summed E-state index contributed by atoms with van der Waals surface area (Å²) in [7, 11) is 2.17. The Balaban J connectivity index is 2.05. The molecule has 1 rings (SSSR count). The van der Waals surface area contributed by atoms with Crippen molar-refractivity contribution in [2.75, 3.05) is 46.3 Å². The molecule has 0 unspecified atom stereocenters. The van der Waals surface area contributed by atoms with E-state index in [1.54, 1.807) is 0 Å². The van der Waals surface area contributed by atoms with Gasteiger partial charge in [-0.15, -0.1) is 0 Å². The Morgan fingerprint density at radius 3 is 2.62 bits per heavy atom. The quantitative estimate of drug-likeness (QED) is 0.378. The van der Waals surface area contributed by atoms with E-state index in [2.05, 4.69) is 39.2 Å². The molecule has 0 aliphatic carbocycles. The smallest absolute Gasteiger partial charge is 0.0584 e. The molecule has 0 aromatic rings. The molecule has 0 radical (unpaired) electrons. The standard InChI is InChI=1S/C9H17N3S/c1-11-5-7-12(8-6-11)4-2-3-10-9-13/h2-8H2,1H3. The van der Waals surface area contributed by atoms with Crippen molar-refractivity contribution >= 4 is 17.4 Å². The van der Waals surface area contributed by atoms with Crippen molar-refractivity contribution in [1.82, 2.24) is 9.80 Å². The van der Waals surface area contributed by atoms with Gasteiger partial charge in [-0.2, -0.15) is 0 Å². The first-order chi connectivity index (χ1) is 6.33. The molecule has 0 N–H and O–H groups in total. The number of hydrogen-bond donors (Lipinski definition) is 0. The molecule has 0 bridgehead atoms. The molecule has 1 aliphatic rings. The Bertz CT molecular complexity index is 181. The largest absolute Gasteiger partial charge is 0.304 e. The van der Waals surface area contributed by atoms with Crippen molar-refractivity contribution in [3.05, 3.63) is 0 Å². The SMILES string of the molecule is CN1CCN(CCCN=C=S)CC1. The molecule has 0 saturated carbocycles. The summed E-state index contributed by atoms with van der Waals surface area (Å²) in [5.74, 6) is 0. The van der Waals surface area contributed by atoms with E-state index in [1.165, 1.54) is 26.2 Å². The fraction of sp³-hybridized carbons (Fsp3) is 0.889. The van der Waals surface area contributed by atoms with Gasteiger partial charge < -0.3 is 9.80 Å². The third kappa shape index (κ3) is 4.48. The highest BCUT2D eigenvalue weighted by atomic mass is 32.1. The Kier molecular flexibility index (Phi) is 5.16. The van der Waals surface area contributed by atoms with Gasteiger partial charge in [-0.3, -0.25) is 0 Å². The molecule has 0 spiro atoms. The number of likely N-dealkylation sites (N-methyl/N-ethyl adjacent to an activating group) is 1. The zero-order chi connectivity index (χ0) is 9.52. The van der Waals surface area contributed by atoms with E-state index in [0.29, 0.717) is 0 Å². The number of thiocarbonyl (C=S) groups is 1. The van der Waals surface area contributed by atoms with Crippen LogP contribution in [0.1, 0.15) is 6.42 Å². The zero-order valence-electron chi connectivity index (χ0n) is 8.20. The van der Waals surface area contributed by atoms with Crippen molar-refractivity contribution in [2.24, 2.45) is 4.99 Å². The van der Waals surface area contributed by atoms with Crippen molar-refractivity contribution in [1.29, 1.82) is 0 Å². The van der Waals surface area contributed by atoms with Gasteiger partial charge in [0.25, 0.3) is 0 Å². The van der Waals surface area contributed by atoms with Gasteiger partial charge >= 0.3 is 0 Å². The Morgan fingerprint density at radius 1 is 1.31 bits per heavy atom. The molecular weight excluding hydrogens is 182 g/mol. The first-order valence-corrected chi connectivity index (χ1v) is 5.18. The molecule has 1 aliphatic heterocycles. The molecule has 3 nitrogen and oxygen atoms in total. The first-order valence-electron chi connectivity index (χ1n) is 4.77. The predicted molar refractivity (Wildman–Crippen MR) is 58.4 cm³/mol. The van der Waals surface area contributed by atoms with E-state index >= 15 is 0 Å². The molecule has 1 saturated heterocycles. The van der Waals surface area contributed by atoms with E-state index in [-0.39, 0.29) is 0 Å². The van der Waals surface area contributed by atoms with Crippen LogP contribution in [-0.4, -0.2) is 61.3 Å². The fourth-order valence-electron chi connectivity index (χ4n) is 1.49. The van der Waals surface area contributed by atoms with Crippen LogP contribution in [-0.2, 0) is 0 Å². The third-order valence-electron chi connectivity index (χ3n) is 2.40. The monoisotopic (exact) mass is 199 g/mol. The lowest BCUT2D eigenvalue weighted by Gasteiger charge is -2.32. The van der Waals surface area contributed by atoms with E-state index in [9.17, 15) is 0 Å². The molecule has 0 amide bonds. The fourth-order valence-corrected chi connectivity index (χ4v) is 1.58. The Morgan fingerprint density at radius 2 is 2.00 bits per heavy atom. The highest BCUT2D eigenvalue weighted by Gasteiger charge is 2.12. The van der Waals surface area contributed by atoms with E-state index in [4.69, 9.17) is 0 Å². The second kappa shape index (κ2) is 6.22. The number of nitrogens with zero attached hydrogens (tertiary/aromatic N) is 3. The van der Waals surface area contributed by atoms with Crippen molar-refractivity contribution < 1.29 is 0 Å². The maximum atomic E-state index is 4.50. The van der Waals surface area contributed by atoms with E-state index in [1.807, 2.05) is 0 Å². The maximum Gasteiger partial charge on any atom is 0.0584 e. The minimum Gasteiger partial charge on any atom is -0.304 e. The molecule has 0 aromatic carbocycles. The Hall–Kier alpha value is -0.280. The maximum absolute atomic E-state index is 4.50. The van der Waals surface area contributed by atoms with Crippen LogP contribution in [0.5, 0.6) is 0 Å². The molecule has 0 aromatic heterocycles. The summed E-state index contributed by atoms with van der Waals surface area (Å²) in [6, 6.07) is 0. The van der Waals surface area contributed by atoms with Gasteiger partial charge in [0, 0.05) is 32.7 Å². The third-order valence-corrected chi connectivity index (χ3v) is 2.53. The van der Waals surface area contributed by atoms with Crippen LogP contribution in [0.2, 0.25) is 0 Å². The normalized spacial score (nSPS) is 19.8. The molecule has 0 atom stereocenters. The minimum atomic E-state index is 0.829. The summed E-state index contributed by atoms with van der Waals surface area (Å²) >= 11 is 4.50. The highest BCUT2D eigenvalue weighted by molar-refractivity contribution is 7.78. The summed E-state index contributed by atoms with van der Waals surface area (Å²) in [6.07, 6.45) is 1.10. The number of piperazine rings is 1. The second-order valence-electron chi connectivity index (χ2n) is 3.47. The van der Waals surface area contributed by atoms with E-state index in [0.717, 1.165) is 19.5 Å².